The third kappa shape index (κ3) is 5.37. The summed E-state index contributed by atoms with van der Waals surface area (Å²) in [6.07, 6.45) is 1.99. The molecule has 1 aromatic carbocycles. The van der Waals surface area contributed by atoms with Crippen molar-refractivity contribution in [3.8, 4) is 17.6 Å². The number of pyridine rings is 1. The number of fused-ring (bicyclic) bond motifs is 1. The molecule has 3 aromatic rings. The number of nitrogens with one attached hydrogen (secondary N) is 2. The topological polar surface area (TPSA) is 152 Å². The number of nitrogens with two attached hydrogens (primary N) is 1. The Balaban J connectivity index is 1.61. The van der Waals surface area contributed by atoms with Crippen molar-refractivity contribution in [1.29, 1.82) is 5.41 Å². The average Bonchev–Trinajstić information content (AvgIpc) is 3.41. The summed E-state index contributed by atoms with van der Waals surface area (Å²) in [5.74, 6) is 0.972. The molecule has 1 amide bonds. The number of nitrogen functional groups attached to an aromatic ring is 1. The van der Waals surface area contributed by atoms with Crippen LogP contribution in [-0.2, 0) is 9.53 Å². The smallest absolute Gasteiger partial charge is 0.319 e. The minimum absolute atomic E-state index is 0.113. The molecule has 2 aromatic heterocycles. The predicted octanol–water partition coefficient (Wildman–Crippen LogP) is 2.56. The number of piperazine rings is 1. The first kappa shape index (κ1) is 27.6. The van der Waals surface area contributed by atoms with Crippen molar-refractivity contribution in [1.82, 2.24) is 25.2 Å². The van der Waals surface area contributed by atoms with Crippen LogP contribution in [0.3, 0.4) is 0 Å². The first-order chi connectivity index (χ1) is 19.3. The maximum atomic E-state index is 12.2. The second-order valence-electron chi connectivity index (χ2n) is 9.54. The maximum absolute atomic E-state index is 12.2. The molecule has 0 unspecified atom stereocenters. The van der Waals surface area contributed by atoms with Crippen LogP contribution in [0, 0.1) is 12.3 Å². The van der Waals surface area contributed by atoms with Gasteiger partial charge in [0.1, 0.15) is 34.4 Å². The number of anilines is 2. The average molecular weight is 567 g/mol. The number of carbonyl (C=O) groups excluding carboxylic acids is 1. The Bertz CT molecular complexity index is 1460. The summed E-state index contributed by atoms with van der Waals surface area (Å²) < 4.78 is 18.1. The van der Waals surface area contributed by atoms with Crippen LogP contribution in [0.4, 0.5) is 11.5 Å². The molecule has 5 rings (SSSR count). The molecular weight excluding hydrogens is 536 g/mol. The Labute approximate surface area is 236 Å². The van der Waals surface area contributed by atoms with Gasteiger partial charge in [0.25, 0.3) is 0 Å². The Morgan fingerprint density at radius 1 is 1.20 bits per heavy atom. The Kier molecular flexibility index (Phi) is 8.01. The summed E-state index contributed by atoms with van der Waals surface area (Å²) in [4.78, 5) is 29.9. The lowest BCUT2D eigenvalue weighted by atomic mass is 10.1. The van der Waals surface area contributed by atoms with Gasteiger partial charge in [-0.3, -0.25) is 4.79 Å². The van der Waals surface area contributed by atoms with Crippen LogP contribution in [0.2, 0.25) is 5.15 Å². The molecule has 0 aliphatic carbocycles. The van der Waals surface area contributed by atoms with Crippen LogP contribution in [0.1, 0.15) is 11.1 Å². The molecule has 4 N–H and O–H groups in total. The van der Waals surface area contributed by atoms with E-state index in [0.29, 0.717) is 73.0 Å². The minimum atomic E-state index is -0.303. The number of ether oxygens (including phenoxy) is 3. The van der Waals surface area contributed by atoms with Gasteiger partial charge in [-0.15, -0.1) is 0 Å². The molecule has 0 radical (unpaired) electrons. The number of halogens is 1. The molecule has 2 aliphatic rings. The van der Waals surface area contributed by atoms with Crippen LogP contribution in [0.5, 0.6) is 17.6 Å². The van der Waals surface area contributed by atoms with Crippen LogP contribution >= 0.6 is 11.6 Å². The SMILES string of the molecule is C=CC(=O)N1CCN(c2nc(O[C@@H]3CNC[C@H]3OC)nc3c(Oc4c(C)ccc(N)c4C=N)nc(Cl)cc23)CC1. The van der Waals surface area contributed by atoms with Gasteiger partial charge < -0.3 is 40.5 Å². The number of hydrogen-bond donors (Lipinski definition) is 3. The van der Waals surface area contributed by atoms with Gasteiger partial charge in [-0.2, -0.15) is 15.0 Å². The van der Waals surface area contributed by atoms with E-state index in [-0.39, 0.29) is 35.2 Å². The first-order valence-electron chi connectivity index (χ1n) is 12.8. The fourth-order valence-corrected chi connectivity index (χ4v) is 5.08. The van der Waals surface area contributed by atoms with E-state index in [1.54, 1.807) is 30.2 Å². The Morgan fingerprint density at radius 3 is 2.65 bits per heavy atom. The highest BCUT2D eigenvalue weighted by molar-refractivity contribution is 6.30. The predicted molar refractivity (Wildman–Crippen MR) is 153 cm³/mol. The Morgan fingerprint density at radius 2 is 1.95 bits per heavy atom. The van der Waals surface area contributed by atoms with Gasteiger partial charge in [0, 0.05) is 58.3 Å². The van der Waals surface area contributed by atoms with E-state index in [2.05, 4.69) is 21.8 Å². The van der Waals surface area contributed by atoms with Crippen LogP contribution in [-0.4, -0.2) is 90.6 Å². The number of aromatic nitrogens is 3. The molecule has 4 heterocycles. The van der Waals surface area contributed by atoms with Crippen molar-refractivity contribution >= 4 is 46.1 Å². The highest BCUT2D eigenvalue weighted by Gasteiger charge is 2.31. The lowest BCUT2D eigenvalue weighted by Gasteiger charge is -2.35. The highest BCUT2D eigenvalue weighted by Crippen LogP contribution is 2.38. The fraction of sp³-hybridized carbons (Fsp3) is 0.370. The second kappa shape index (κ2) is 11.6. The number of carbonyl (C=O) groups is 1. The molecule has 0 spiro atoms. The number of nitrogens with zero attached hydrogens (tertiary/aromatic N) is 5. The fourth-order valence-electron chi connectivity index (χ4n) is 4.89. The molecule has 2 aliphatic heterocycles. The number of benzene rings is 1. The van der Waals surface area contributed by atoms with Gasteiger partial charge in [-0.1, -0.05) is 24.2 Å². The van der Waals surface area contributed by atoms with E-state index < -0.39 is 0 Å². The van der Waals surface area contributed by atoms with Crippen molar-refractivity contribution in [3.63, 3.8) is 0 Å². The first-order valence-corrected chi connectivity index (χ1v) is 13.2. The number of rotatable bonds is 8. The van der Waals surface area contributed by atoms with Crippen molar-refractivity contribution in [2.75, 3.05) is 57.0 Å². The molecule has 210 valence electrons. The molecular formula is C27H31ClN8O4. The van der Waals surface area contributed by atoms with E-state index in [1.807, 2.05) is 6.92 Å². The standard InChI is InChI=1S/C27H31ClN8O4/c1-4-22(37)35-7-9-36(10-8-35)25-16-11-21(28)32-26(40-24-15(2)5-6-18(30)17(24)12-29)23(16)33-27(34-25)39-20-14-31-13-19(20)38-3/h4-6,11-12,19-20,29,31H,1,7-10,13-14,30H2,2-3H3/t19-,20-/m1/s1. The van der Waals surface area contributed by atoms with Crippen molar-refractivity contribution in [3.05, 3.63) is 47.1 Å². The highest BCUT2D eigenvalue weighted by atomic mass is 35.5. The van der Waals surface area contributed by atoms with Crippen molar-refractivity contribution in [2.45, 2.75) is 19.1 Å². The molecule has 0 saturated carbocycles. The van der Waals surface area contributed by atoms with Gasteiger partial charge in [0.15, 0.2) is 0 Å². The summed E-state index contributed by atoms with van der Waals surface area (Å²) in [7, 11) is 1.64. The van der Waals surface area contributed by atoms with Crippen LogP contribution < -0.4 is 25.4 Å². The lowest BCUT2D eigenvalue weighted by Crippen LogP contribution is -2.48. The van der Waals surface area contributed by atoms with E-state index in [1.165, 1.54) is 6.08 Å². The van der Waals surface area contributed by atoms with Gasteiger partial charge >= 0.3 is 6.01 Å². The Hall–Kier alpha value is -4.00. The number of hydrogen-bond acceptors (Lipinski definition) is 11. The van der Waals surface area contributed by atoms with Gasteiger partial charge in [0.05, 0.1) is 10.9 Å². The number of amides is 1. The van der Waals surface area contributed by atoms with Gasteiger partial charge in [-0.05, 0) is 30.7 Å². The number of aryl methyl sites for hydroxylation is 1. The maximum Gasteiger partial charge on any atom is 0.319 e. The summed E-state index contributed by atoms with van der Waals surface area (Å²) in [5, 5.41) is 11.9. The van der Waals surface area contributed by atoms with Gasteiger partial charge in [-0.25, -0.2) is 0 Å². The molecule has 2 fully saturated rings. The lowest BCUT2D eigenvalue weighted by molar-refractivity contribution is -0.126. The van der Waals surface area contributed by atoms with Gasteiger partial charge in [0.2, 0.25) is 11.8 Å². The quantitative estimate of drug-likeness (QED) is 0.160. The van der Waals surface area contributed by atoms with Crippen LogP contribution in [0.15, 0.2) is 30.9 Å². The monoisotopic (exact) mass is 566 g/mol. The second-order valence-corrected chi connectivity index (χ2v) is 9.93. The largest absolute Gasteiger partial charge is 0.456 e. The molecule has 12 nitrogen and oxygen atoms in total. The summed E-state index contributed by atoms with van der Waals surface area (Å²) in [5.41, 5.74) is 8.08. The molecule has 2 atom stereocenters. The summed E-state index contributed by atoms with van der Waals surface area (Å²) in [6, 6.07) is 5.34. The van der Waals surface area contributed by atoms with Crippen molar-refractivity contribution < 1.29 is 19.0 Å². The molecule has 40 heavy (non-hydrogen) atoms. The van der Waals surface area contributed by atoms with E-state index in [0.717, 1.165) is 11.8 Å². The van der Waals surface area contributed by atoms with E-state index in [9.17, 15) is 4.79 Å². The molecule has 2 saturated heterocycles. The molecule has 13 heteroatoms. The summed E-state index contributed by atoms with van der Waals surface area (Å²) in [6.45, 7) is 8.71. The van der Waals surface area contributed by atoms with Crippen LogP contribution in [0.25, 0.3) is 10.9 Å². The molecule has 0 bridgehead atoms. The number of methoxy groups -OCH3 is 1. The zero-order valence-electron chi connectivity index (χ0n) is 22.3. The summed E-state index contributed by atoms with van der Waals surface area (Å²) >= 11 is 6.49. The minimum Gasteiger partial charge on any atom is -0.456 e. The van der Waals surface area contributed by atoms with E-state index >= 15 is 0 Å². The third-order valence-electron chi connectivity index (χ3n) is 7.08. The zero-order chi connectivity index (χ0) is 28.4. The normalized spacial score (nSPS) is 19.1. The van der Waals surface area contributed by atoms with Crippen molar-refractivity contribution in [2.24, 2.45) is 0 Å². The van der Waals surface area contributed by atoms with E-state index in [4.69, 9.17) is 46.9 Å². The third-order valence-corrected chi connectivity index (χ3v) is 7.27. The zero-order valence-corrected chi connectivity index (χ0v) is 23.1.